The number of Topliss-reactive ketones (excluding diaryl/α,β-unsaturated/α-hetero) is 1. The molecule has 0 aromatic heterocycles. The van der Waals surface area contributed by atoms with E-state index in [1.165, 1.54) is 19.3 Å². The minimum atomic E-state index is 0.0355. The van der Waals surface area contributed by atoms with E-state index in [0.29, 0.717) is 0 Å². The molecule has 22 heavy (non-hydrogen) atoms. The van der Waals surface area contributed by atoms with Crippen molar-refractivity contribution in [3.8, 4) is 5.75 Å². The molecule has 3 heteroatoms. The molecular weight excluding hydrogens is 340 g/mol. The van der Waals surface area contributed by atoms with E-state index < -0.39 is 0 Å². The van der Waals surface area contributed by atoms with Crippen molar-refractivity contribution >= 4 is 21.7 Å². The predicted octanol–water partition coefficient (Wildman–Crippen LogP) is 5.95. The van der Waals surface area contributed by atoms with Gasteiger partial charge in [0.2, 0.25) is 0 Å². The number of rotatable bonds is 6. The van der Waals surface area contributed by atoms with Crippen LogP contribution in [0.15, 0.2) is 16.6 Å². The van der Waals surface area contributed by atoms with Crippen molar-refractivity contribution in [2.24, 2.45) is 5.92 Å². The van der Waals surface area contributed by atoms with Crippen LogP contribution in [0, 0.1) is 5.92 Å². The molecule has 1 unspecified atom stereocenters. The Morgan fingerprint density at radius 1 is 1.27 bits per heavy atom. The zero-order chi connectivity index (χ0) is 16.1. The third-order valence-electron chi connectivity index (χ3n) is 4.72. The van der Waals surface area contributed by atoms with Crippen LogP contribution in [0.5, 0.6) is 5.75 Å². The molecular formula is C19H27BrO2. The molecule has 1 fully saturated rings. The maximum atomic E-state index is 12.9. The maximum Gasteiger partial charge on any atom is 0.169 e. The first-order valence-corrected chi connectivity index (χ1v) is 9.40. The van der Waals surface area contributed by atoms with Crippen molar-refractivity contribution < 1.29 is 9.53 Å². The molecule has 1 atom stereocenters. The monoisotopic (exact) mass is 366 g/mol. The van der Waals surface area contributed by atoms with Gasteiger partial charge in [0.15, 0.2) is 5.78 Å². The van der Waals surface area contributed by atoms with Gasteiger partial charge < -0.3 is 4.74 Å². The van der Waals surface area contributed by atoms with Crippen LogP contribution in [0.3, 0.4) is 0 Å². The van der Waals surface area contributed by atoms with E-state index in [1.807, 2.05) is 19.1 Å². The smallest absolute Gasteiger partial charge is 0.169 e. The van der Waals surface area contributed by atoms with Gasteiger partial charge in [-0.3, -0.25) is 4.79 Å². The lowest BCUT2D eigenvalue weighted by molar-refractivity contribution is 0.0914. The molecule has 0 amide bonds. The lowest BCUT2D eigenvalue weighted by Gasteiger charge is -2.26. The summed E-state index contributed by atoms with van der Waals surface area (Å²) in [6, 6.07) is 4.07. The van der Waals surface area contributed by atoms with Gasteiger partial charge in [-0.25, -0.2) is 0 Å². The third kappa shape index (κ3) is 3.92. The Morgan fingerprint density at radius 2 is 1.95 bits per heavy atom. The highest BCUT2D eigenvalue weighted by molar-refractivity contribution is 9.10. The van der Waals surface area contributed by atoms with Gasteiger partial charge in [0, 0.05) is 5.92 Å². The Balaban J connectivity index is 2.38. The van der Waals surface area contributed by atoms with Crippen LogP contribution in [-0.4, -0.2) is 11.9 Å². The normalized spacial score (nSPS) is 17.3. The highest BCUT2D eigenvalue weighted by Gasteiger charge is 2.25. The van der Waals surface area contributed by atoms with Crippen molar-refractivity contribution in [1.82, 2.24) is 0 Å². The second-order valence-electron chi connectivity index (χ2n) is 6.32. The molecule has 0 bridgehead atoms. The number of benzene rings is 1. The number of hydrogen-bond acceptors (Lipinski definition) is 2. The number of ketones is 1. The molecule has 1 aromatic rings. The fourth-order valence-corrected chi connectivity index (χ4v) is 3.48. The second-order valence-corrected chi connectivity index (χ2v) is 7.17. The highest BCUT2D eigenvalue weighted by atomic mass is 79.9. The fraction of sp³-hybridized carbons (Fsp3) is 0.632. The molecule has 0 heterocycles. The van der Waals surface area contributed by atoms with E-state index in [1.54, 1.807) is 0 Å². The summed E-state index contributed by atoms with van der Waals surface area (Å²) < 4.78 is 7.21. The van der Waals surface area contributed by atoms with Crippen LogP contribution in [0.4, 0.5) is 0 Å². The van der Waals surface area contributed by atoms with E-state index >= 15 is 0 Å². The first-order valence-electron chi connectivity index (χ1n) is 8.60. The van der Waals surface area contributed by atoms with E-state index in [2.05, 4.69) is 29.8 Å². The number of halogens is 1. The molecule has 0 saturated heterocycles. The SMILES string of the molecule is CCc1ccc(Br)c(OC2CCCCC2)c1C(=O)C(C)CC. The summed E-state index contributed by atoms with van der Waals surface area (Å²) in [6.45, 7) is 6.17. The summed E-state index contributed by atoms with van der Waals surface area (Å²) in [5.74, 6) is 1.02. The predicted molar refractivity (Wildman–Crippen MR) is 94.8 cm³/mol. The average molecular weight is 367 g/mol. The lowest BCUT2D eigenvalue weighted by atomic mass is 9.91. The Hall–Kier alpha value is -0.830. The van der Waals surface area contributed by atoms with E-state index in [0.717, 1.165) is 47.0 Å². The third-order valence-corrected chi connectivity index (χ3v) is 5.34. The molecule has 1 aliphatic carbocycles. The van der Waals surface area contributed by atoms with Gasteiger partial charge in [-0.15, -0.1) is 0 Å². The average Bonchev–Trinajstić information content (AvgIpc) is 2.56. The Kier molecular flexibility index (Phi) is 6.49. The molecule has 1 aliphatic rings. The van der Waals surface area contributed by atoms with E-state index in [9.17, 15) is 4.79 Å². The van der Waals surface area contributed by atoms with Gasteiger partial charge in [-0.05, 0) is 66.1 Å². The van der Waals surface area contributed by atoms with Crippen molar-refractivity contribution in [3.05, 3.63) is 27.7 Å². The molecule has 1 aromatic carbocycles. The summed E-state index contributed by atoms with van der Waals surface area (Å²) >= 11 is 3.60. The summed E-state index contributed by atoms with van der Waals surface area (Å²) in [5, 5.41) is 0. The van der Waals surface area contributed by atoms with Crippen LogP contribution in [0.1, 0.15) is 75.2 Å². The minimum absolute atomic E-state index is 0.0355. The Bertz CT molecular complexity index is 518. The van der Waals surface area contributed by atoms with Crippen molar-refractivity contribution in [1.29, 1.82) is 0 Å². The zero-order valence-corrected chi connectivity index (χ0v) is 15.5. The number of carbonyl (C=O) groups is 1. The molecule has 0 aliphatic heterocycles. The van der Waals surface area contributed by atoms with Crippen LogP contribution in [-0.2, 0) is 6.42 Å². The molecule has 0 spiro atoms. The zero-order valence-electron chi connectivity index (χ0n) is 14.0. The molecule has 122 valence electrons. The molecule has 0 radical (unpaired) electrons. The summed E-state index contributed by atoms with van der Waals surface area (Å²) in [5.41, 5.74) is 1.90. The number of carbonyl (C=O) groups excluding carboxylic acids is 1. The second kappa shape index (κ2) is 8.14. The topological polar surface area (TPSA) is 26.3 Å². The number of ether oxygens (including phenoxy) is 1. The molecule has 2 rings (SSSR count). The summed E-state index contributed by atoms with van der Waals surface area (Å²) in [6.07, 6.45) is 7.91. The summed E-state index contributed by atoms with van der Waals surface area (Å²) in [4.78, 5) is 12.9. The van der Waals surface area contributed by atoms with Gasteiger partial charge in [-0.2, -0.15) is 0 Å². The van der Waals surface area contributed by atoms with Crippen molar-refractivity contribution in [3.63, 3.8) is 0 Å². The number of aryl methyl sites for hydroxylation is 1. The highest BCUT2D eigenvalue weighted by Crippen LogP contribution is 2.36. The molecule has 1 saturated carbocycles. The summed E-state index contributed by atoms with van der Waals surface area (Å²) in [7, 11) is 0. The molecule has 2 nitrogen and oxygen atoms in total. The van der Waals surface area contributed by atoms with Crippen LogP contribution in [0.25, 0.3) is 0 Å². The standard InChI is InChI=1S/C19H27BrO2/c1-4-13(3)18(21)17-14(5-2)11-12-16(20)19(17)22-15-9-7-6-8-10-15/h11-13,15H,4-10H2,1-3H3. The van der Waals surface area contributed by atoms with Gasteiger partial charge in [0.1, 0.15) is 5.75 Å². The number of hydrogen-bond donors (Lipinski definition) is 0. The van der Waals surface area contributed by atoms with Crippen molar-refractivity contribution in [2.75, 3.05) is 0 Å². The van der Waals surface area contributed by atoms with E-state index in [-0.39, 0.29) is 17.8 Å². The van der Waals surface area contributed by atoms with Gasteiger partial charge >= 0.3 is 0 Å². The van der Waals surface area contributed by atoms with Gasteiger partial charge in [-0.1, -0.05) is 33.3 Å². The van der Waals surface area contributed by atoms with Gasteiger partial charge in [0.25, 0.3) is 0 Å². The van der Waals surface area contributed by atoms with Crippen molar-refractivity contribution in [2.45, 2.75) is 71.8 Å². The Labute approximate surface area is 142 Å². The largest absolute Gasteiger partial charge is 0.488 e. The van der Waals surface area contributed by atoms with E-state index in [4.69, 9.17) is 4.74 Å². The van der Waals surface area contributed by atoms with Crippen LogP contribution in [0.2, 0.25) is 0 Å². The minimum Gasteiger partial charge on any atom is -0.488 e. The fourth-order valence-electron chi connectivity index (χ4n) is 3.06. The Morgan fingerprint density at radius 3 is 2.55 bits per heavy atom. The first-order chi connectivity index (χ1) is 10.6. The van der Waals surface area contributed by atoms with Crippen LogP contribution >= 0.6 is 15.9 Å². The quantitative estimate of drug-likeness (QED) is 0.581. The van der Waals surface area contributed by atoms with Gasteiger partial charge in [0.05, 0.1) is 16.1 Å². The lowest BCUT2D eigenvalue weighted by Crippen LogP contribution is -2.22. The first kappa shape index (κ1) is 17.5. The maximum absolute atomic E-state index is 12.9. The molecule has 0 N–H and O–H groups in total. The van der Waals surface area contributed by atoms with Crippen LogP contribution < -0.4 is 4.74 Å².